The van der Waals surface area contributed by atoms with Crippen molar-refractivity contribution in [2.75, 3.05) is 18.1 Å². The molecule has 1 saturated heterocycles. The molecule has 3 aromatic carbocycles. The normalized spacial score (nSPS) is 15.9. The zero-order valence-electron chi connectivity index (χ0n) is 19.5. The van der Waals surface area contributed by atoms with Gasteiger partial charge < -0.3 is 14.2 Å². The number of anilines is 1. The maximum atomic E-state index is 13.0. The van der Waals surface area contributed by atoms with E-state index in [-0.39, 0.29) is 11.8 Å². The van der Waals surface area contributed by atoms with Gasteiger partial charge in [-0.1, -0.05) is 35.9 Å². The van der Waals surface area contributed by atoms with E-state index in [1.165, 1.54) is 0 Å². The van der Waals surface area contributed by atoms with E-state index in [4.69, 9.17) is 21.3 Å². The molecule has 0 bridgehead atoms. The summed E-state index contributed by atoms with van der Waals surface area (Å²) >= 11 is 5.96. The van der Waals surface area contributed by atoms with E-state index in [0.29, 0.717) is 24.6 Å². The molecule has 0 N–H and O–H groups in total. The number of nitrogens with zero attached hydrogens (tertiary/aromatic N) is 3. The fraction of sp³-hybridized carbons (Fsp3) is 0.286. The Morgan fingerprint density at radius 3 is 2.68 bits per heavy atom. The first kappa shape index (κ1) is 22.5. The quantitative estimate of drug-likeness (QED) is 0.296. The van der Waals surface area contributed by atoms with Gasteiger partial charge in [0.1, 0.15) is 11.6 Å². The minimum Gasteiger partial charge on any atom is -0.494 e. The lowest BCUT2D eigenvalue weighted by Gasteiger charge is -2.20. The zero-order chi connectivity index (χ0) is 23.7. The van der Waals surface area contributed by atoms with Crippen LogP contribution in [0.3, 0.4) is 0 Å². The molecule has 174 valence electrons. The molecule has 0 aliphatic carbocycles. The van der Waals surface area contributed by atoms with Gasteiger partial charge in [-0.3, -0.25) is 4.79 Å². The molecule has 1 atom stereocenters. The predicted molar refractivity (Wildman–Crippen MR) is 137 cm³/mol. The van der Waals surface area contributed by atoms with Gasteiger partial charge in [-0.25, -0.2) is 4.98 Å². The number of hydrogen-bond donors (Lipinski definition) is 0. The second-order valence-electron chi connectivity index (χ2n) is 8.96. The molecule has 1 unspecified atom stereocenters. The second-order valence-corrected chi connectivity index (χ2v) is 9.40. The number of ether oxygens (including phenoxy) is 1. The molecule has 0 radical (unpaired) electrons. The van der Waals surface area contributed by atoms with E-state index in [1.807, 2.05) is 47.4 Å². The fourth-order valence-electron chi connectivity index (χ4n) is 4.71. The molecule has 1 aliphatic rings. The van der Waals surface area contributed by atoms with Crippen LogP contribution in [-0.4, -0.2) is 28.6 Å². The number of fused-ring (bicyclic) bond motifs is 1. The van der Waals surface area contributed by atoms with Gasteiger partial charge in [0.05, 0.1) is 17.6 Å². The van der Waals surface area contributed by atoms with Crippen LogP contribution >= 0.6 is 11.6 Å². The van der Waals surface area contributed by atoms with Crippen molar-refractivity contribution in [3.8, 4) is 5.75 Å². The SMILES string of the molecule is Cc1ccc(C)c(N2CC(c3nc4ccccc4n3CCCOc3ccc(Cl)cc3)CC2=O)c1. The molecule has 1 aliphatic heterocycles. The summed E-state index contributed by atoms with van der Waals surface area (Å²) in [4.78, 5) is 20.0. The van der Waals surface area contributed by atoms with Crippen molar-refractivity contribution in [3.05, 3.63) is 88.7 Å². The van der Waals surface area contributed by atoms with Crippen LogP contribution in [0.25, 0.3) is 11.0 Å². The second kappa shape index (κ2) is 9.51. The number of halogens is 1. The molecular weight excluding hydrogens is 446 g/mol. The van der Waals surface area contributed by atoms with Crippen molar-refractivity contribution < 1.29 is 9.53 Å². The summed E-state index contributed by atoms with van der Waals surface area (Å²) < 4.78 is 8.17. The first-order chi connectivity index (χ1) is 16.5. The van der Waals surface area contributed by atoms with Crippen LogP contribution in [0.5, 0.6) is 5.75 Å². The van der Waals surface area contributed by atoms with E-state index < -0.39 is 0 Å². The molecule has 5 rings (SSSR count). The first-order valence-corrected chi connectivity index (χ1v) is 12.1. The van der Waals surface area contributed by atoms with E-state index in [1.54, 1.807) is 0 Å². The number of aryl methyl sites for hydroxylation is 3. The summed E-state index contributed by atoms with van der Waals surface area (Å²) in [6.45, 7) is 6.13. The lowest BCUT2D eigenvalue weighted by Crippen LogP contribution is -2.25. The van der Waals surface area contributed by atoms with Crippen molar-refractivity contribution in [3.63, 3.8) is 0 Å². The Morgan fingerprint density at radius 2 is 1.85 bits per heavy atom. The average Bonchev–Trinajstić information content (AvgIpc) is 3.40. The van der Waals surface area contributed by atoms with E-state index >= 15 is 0 Å². The average molecular weight is 474 g/mol. The lowest BCUT2D eigenvalue weighted by atomic mass is 10.1. The third-order valence-electron chi connectivity index (χ3n) is 6.44. The number of benzene rings is 3. The Bertz CT molecular complexity index is 1330. The van der Waals surface area contributed by atoms with Gasteiger partial charge in [0.2, 0.25) is 5.91 Å². The van der Waals surface area contributed by atoms with Crippen LogP contribution in [0.15, 0.2) is 66.7 Å². The van der Waals surface area contributed by atoms with Crippen molar-refractivity contribution in [2.24, 2.45) is 0 Å². The smallest absolute Gasteiger partial charge is 0.227 e. The van der Waals surface area contributed by atoms with Crippen molar-refractivity contribution in [1.29, 1.82) is 0 Å². The Morgan fingerprint density at radius 1 is 1.06 bits per heavy atom. The zero-order valence-corrected chi connectivity index (χ0v) is 20.3. The highest BCUT2D eigenvalue weighted by Crippen LogP contribution is 2.35. The van der Waals surface area contributed by atoms with Crippen LogP contribution in [0.2, 0.25) is 5.02 Å². The van der Waals surface area contributed by atoms with Gasteiger partial charge in [0.15, 0.2) is 0 Å². The van der Waals surface area contributed by atoms with Crippen LogP contribution in [0.4, 0.5) is 5.69 Å². The highest BCUT2D eigenvalue weighted by molar-refractivity contribution is 6.30. The molecule has 4 aromatic rings. The van der Waals surface area contributed by atoms with E-state index in [0.717, 1.165) is 52.4 Å². The molecule has 1 aromatic heterocycles. The molecule has 1 fully saturated rings. The number of imidazole rings is 1. The van der Waals surface area contributed by atoms with E-state index in [9.17, 15) is 4.79 Å². The van der Waals surface area contributed by atoms with Gasteiger partial charge in [-0.15, -0.1) is 0 Å². The number of carbonyl (C=O) groups excluding carboxylic acids is 1. The minimum absolute atomic E-state index is 0.0528. The Balaban J connectivity index is 1.36. The molecule has 2 heterocycles. The molecular formula is C28H28ClN3O2. The Labute approximate surface area is 204 Å². The third kappa shape index (κ3) is 4.53. The molecule has 6 heteroatoms. The summed E-state index contributed by atoms with van der Waals surface area (Å²) in [6.07, 6.45) is 1.30. The Hall–Kier alpha value is -3.31. The minimum atomic E-state index is 0.0528. The third-order valence-corrected chi connectivity index (χ3v) is 6.69. The number of rotatable bonds is 7. The predicted octanol–water partition coefficient (Wildman–Crippen LogP) is 6.30. The summed E-state index contributed by atoms with van der Waals surface area (Å²) in [6, 6.07) is 21.9. The summed E-state index contributed by atoms with van der Waals surface area (Å²) in [7, 11) is 0. The van der Waals surface area contributed by atoms with Crippen LogP contribution in [-0.2, 0) is 11.3 Å². The molecule has 0 saturated carbocycles. The maximum Gasteiger partial charge on any atom is 0.227 e. The molecule has 0 spiro atoms. The number of hydrogen-bond acceptors (Lipinski definition) is 3. The van der Waals surface area contributed by atoms with Gasteiger partial charge in [-0.05, 0) is 73.9 Å². The first-order valence-electron chi connectivity index (χ1n) is 11.7. The van der Waals surface area contributed by atoms with Crippen molar-refractivity contribution in [1.82, 2.24) is 9.55 Å². The number of para-hydroxylation sites is 2. The lowest BCUT2D eigenvalue weighted by molar-refractivity contribution is -0.117. The molecule has 5 nitrogen and oxygen atoms in total. The Kier molecular flexibility index (Phi) is 6.29. The van der Waals surface area contributed by atoms with Gasteiger partial charge in [0, 0.05) is 36.1 Å². The standard InChI is InChI=1S/C28H28ClN3O2/c1-19-8-9-20(2)26(16-19)32-18-21(17-27(32)33)28-30-24-6-3-4-7-25(24)31(28)14-5-15-34-23-12-10-22(29)11-13-23/h3-4,6-13,16,21H,5,14-15,17-18H2,1-2H3. The van der Waals surface area contributed by atoms with Crippen LogP contribution in [0.1, 0.15) is 35.7 Å². The molecule has 34 heavy (non-hydrogen) atoms. The number of carbonyl (C=O) groups is 1. The van der Waals surface area contributed by atoms with Crippen LogP contribution in [0, 0.1) is 13.8 Å². The highest BCUT2D eigenvalue weighted by atomic mass is 35.5. The summed E-state index contributed by atoms with van der Waals surface area (Å²) in [5, 5.41) is 0.697. The summed E-state index contributed by atoms with van der Waals surface area (Å²) in [5.41, 5.74) is 5.35. The van der Waals surface area contributed by atoms with Gasteiger partial charge >= 0.3 is 0 Å². The van der Waals surface area contributed by atoms with E-state index in [2.05, 4.69) is 42.7 Å². The van der Waals surface area contributed by atoms with Gasteiger partial charge in [-0.2, -0.15) is 0 Å². The summed E-state index contributed by atoms with van der Waals surface area (Å²) in [5.74, 6) is 2.00. The monoisotopic (exact) mass is 473 g/mol. The largest absolute Gasteiger partial charge is 0.494 e. The fourth-order valence-corrected chi connectivity index (χ4v) is 4.83. The van der Waals surface area contributed by atoms with Gasteiger partial charge in [0.25, 0.3) is 0 Å². The van der Waals surface area contributed by atoms with Crippen molar-refractivity contribution >= 4 is 34.2 Å². The highest BCUT2D eigenvalue weighted by Gasteiger charge is 2.35. The molecule has 1 amide bonds. The number of amides is 1. The van der Waals surface area contributed by atoms with Crippen molar-refractivity contribution in [2.45, 2.75) is 39.2 Å². The topological polar surface area (TPSA) is 47.4 Å². The number of aromatic nitrogens is 2. The van der Waals surface area contributed by atoms with Crippen LogP contribution < -0.4 is 9.64 Å². The maximum absolute atomic E-state index is 13.0.